The molecule has 0 unspecified atom stereocenters. The van der Waals surface area contributed by atoms with Crippen molar-refractivity contribution >= 4 is 59.5 Å². The molecule has 162 valence electrons. The number of nitrogens with zero attached hydrogens (tertiary/aromatic N) is 1. The van der Waals surface area contributed by atoms with Crippen LogP contribution in [0.2, 0.25) is 0 Å². The summed E-state index contributed by atoms with van der Waals surface area (Å²) in [6, 6.07) is 14.0. The first-order chi connectivity index (χ1) is 14.7. The van der Waals surface area contributed by atoms with E-state index in [0.717, 1.165) is 22.9 Å². The summed E-state index contributed by atoms with van der Waals surface area (Å²) in [6.45, 7) is -0.0942. The van der Waals surface area contributed by atoms with Gasteiger partial charge >= 0.3 is 0 Å². The number of hydrogen-bond donors (Lipinski definition) is 2. The van der Waals surface area contributed by atoms with Crippen LogP contribution in [0.5, 0.6) is 0 Å². The molecule has 0 saturated heterocycles. The Morgan fingerprint density at radius 2 is 1.74 bits per heavy atom. The molecule has 2 aromatic heterocycles. The number of benzene rings is 2. The van der Waals surface area contributed by atoms with Gasteiger partial charge in [0.15, 0.2) is 0 Å². The van der Waals surface area contributed by atoms with Gasteiger partial charge in [-0.3, -0.25) is 13.5 Å². The van der Waals surface area contributed by atoms with Crippen LogP contribution in [-0.2, 0) is 33.6 Å². The lowest BCUT2D eigenvalue weighted by molar-refractivity contribution is 0.583. The van der Waals surface area contributed by atoms with Crippen molar-refractivity contribution in [3.8, 4) is 0 Å². The van der Waals surface area contributed by atoms with Crippen LogP contribution in [0.4, 0.5) is 5.69 Å². The zero-order chi connectivity index (χ0) is 22.2. The van der Waals surface area contributed by atoms with Crippen molar-refractivity contribution < 1.29 is 16.8 Å². The highest BCUT2D eigenvalue weighted by molar-refractivity contribution is 7.92. The Morgan fingerprint density at radius 1 is 0.968 bits per heavy atom. The average molecular weight is 496 g/mol. The average Bonchev–Trinajstić information content (AvgIpc) is 3.36. The number of para-hydroxylation sites is 1. The van der Waals surface area contributed by atoms with E-state index in [4.69, 9.17) is 0 Å². The molecule has 0 saturated carbocycles. The maximum atomic E-state index is 12.9. The zero-order valence-electron chi connectivity index (χ0n) is 16.1. The zero-order valence-corrected chi connectivity index (χ0v) is 19.4. The molecule has 4 rings (SSSR count). The molecule has 4 aromatic rings. The molecule has 0 bridgehead atoms. The van der Waals surface area contributed by atoms with Gasteiger partial charge in [0.2, 0.25) is 10.0 Å². The van der Waals surface area contributed by atoms with Crippen molar-refractivity contribution in [1.29, 1.82) is 0 Å². The summed E-state index contributed by atoms with van der Waals surface area (Å²) in [5.41, 5.74) is 1.35. The third kappa shape index (κ3) is 4.43. The van der Waals surface area contributed by atoms with E-state index in [9.17, 15) is 21.6 Å². The van der Waals surface area contributed by atoms with Crippen LogP contribution < -0.4 is 14.2 Å². The van der Waals surface area contributed by atoms with Crippen LogP contribution in [0.25, 0.3) is 10.9 Å². The van der Waals surface area contributed by atoms with Gasteiger partial charge < -0.3 is 0 Å². The first kappa shape index (κ1) is 21.7. The molecule has 0 spiro atoms. The smallest absolute Gasteiger partial charge is 0.261 e. The Kier molecular flexibility index (Phi) is 5.75. The van der Waals surface area contributed by atoms with E-state index in [1.54, 1.807) is 52.8 Å². The second-order valence-corrected chi connectivity index (χ2v) is 12.3. The summed E-state index contributed by atoms with van der Waals surface area (Å²) in [7, 11) is -5.97. The topological polar surface area (TPSA) is 114 Å². The molecule has 0 atom stereocenters. The van der Waals surface area contributed by atoms with Crippen LogP contribution in [0, 0.1) is 0 Å². The number of hydrogen-bond acceptors (Lipinski definition) is 7. The third-order valence-corrected chi connectivity index (χ3v) is 9.55. The normalized spacial score (nSPS) is 12.3. The van der Waals surface area contributed by atoms with Crippen molar-refractivity contribution in [1.82, 2.24) is 8.68 Å². The van der Waals surface area contributed by atoms with Gasteiger partial charge in [-0.15, -0.1) is 11.3 Å². The minimum Gasteiger partial charge on any atom is -0.297 e. The number of anilines is 1. The molecule has 31 heavy (non-hydrogen) atoms. The van der Waals surface area contributed by atoms with Crippen LogP contribution in [0.3, 0.4) is 0 Å². The summed E-state index contributed by atoms with van der Waals surface area (Å²) in [6.07, 6.45) is 0. The third-order valence-electron chi connectivity index (χ3n) is 4.53. The highest BCUT2D eigenvalue weighted by Gasteiger charge is 2.20. The van der Waals surface area contributed by atoms with Crippen molar-refractivity contribution in [2.24, 2.45) is 7.05 Å². The molecule has 0 aliphatic carbocycles. The van der Waals surface area contributed by atoms with E-state index in [-0.39, 0.29) is 26.1 Å². The maximum absolute atomic E-state index is 12.9. The molecule has 0 fully saturated rings. The lowest BCUT2D eigenvalue weighted by atomic mass is 10.2. The van der Waals surface area contributed by atoms with Crippen molar-refractivity contribution in [2.45, 2.75) is 15.6 Å². The predicted octanol–water partition coefficient (Wildman–Crippen LogP) is 2.94. The van der Waals surface area contributed by atoms with E-state index >= 15 is 0 Å². The molecule has 2 N–H and O–H groups in total. The monoisotopic (exact) mass is 495 g/mol. The molecule has 8 nitrogen and oxygen atoms in total. The Bertz CT molecular complexity index is 1520. The Morgan fingerprint density at radius 3 is 2.48 bits per heavy atom. The van der Waals surface area contributed by atoms with Gasteiger partial charge in [0.05, 0.1) is 21.5 Å². The number of thiophene rings is 1. The second-order valence-electron chi connectivity index (χ2n) is 6.57. The standard InChI is InChI=1S/C19H17N3O5S4/c1-22-17-9-8-14(11-15(17)19(23)29-22)30(24,25)21-16-6-3-2-5-13(16)12-20-31(26,27)18-7-4-10-28-18/h2-11,20-21H,12H2,1H3. The number of fused-ring (bicyclic) bond motifs is 1. The van der Waals surface area contributed by atoms with Crippen molar-refractivity contribution in [3.63, 3.8) is 0 Å². The number of aryl methyl sites for hydroxylation is 1. The quantitative estimate of drug-likeness (QED) is 0.409. The van der Waals surface area contributed by atoms with Gasteiger partial charge in [-0.2, -0.15) is 0 Å². The highest BCUT2D eigenvalue weighted by Crippen LogP contribution is 2.24. The molecule has 2 heterocycles. The van der Waals surface area contributed by atoms with E-state index in [1.165, 1.54) is 18.2 Å². The van der Waals surface area contributed by atoms with Crippen molar-refractivity contribution in [3.05, 3.63) is 75.1 Å². The van der Waals surface area contributed by atoms with Crippen LogP contribution >= 0.6 is 22.9 Å². The molecule has 0 aliphatic heterocycles. The molecule has 0 aliphatic rings. The minimum absolute atomic E-state index is 0.0514. The summed E-state index contributed by atoms with van der Waals surface area (Å²) in [5, 5.41) is 1.99. The van der Waals surface area contributed by atoms with Gasteiger partial charge in [-0.1, -0.05) is 24.3 Å². The van der Waals surface area contributed by atoms with Crippen LogP contribution in [0.15, 0.2) is 73.9 Å². The maximum Gasteiger partial charge on any atom is 0.261 e. The summed E-state index contributed by atoms with van der Waals surface area (Å²) in [5.74, 6) is 0. The second kappa shape index (κ2) is 8.20. The van der Waals surface area contributed by atoms with Crippen LogP contribution in [0.1, 0.15) is 5.56 Å². The van der Waals surface area contributed by atoms with E-state index < -0.39 is 20.0 Å². The van der Waals surface area contributed by atoms with E-state index in [1.807, 2.05) is 0 Å². The van der Waals surface area contributed by atoms with Gasteiger partial charge in [0.1, 0.15) is 4.21 Å². The van der Waals surface area contributed by atoms with E-state index in [2.05, 4.69) is 9.44 Å². The molecule has 2 aromatic carbocycles. The SMILES string of the molecule is Cn1sc(=O)c2cc(S(=O)(=O)Nc3ccccc3CNS(=O)(=O)c3cccs3)ccc21. The number of rotatable bonds is 7. The number of aromatic nitrogens is 1. The molecular weight excluding hydrogens is 478 g/mol. The molecule has 0 radical (unpaired) electrons. The van der Waals surface area contributed by atoms with Gasteiger partial charge in [0.25, 0.3) is 14.8 Å². The summed E-state index contributed by atoms with van der Waals surface area (Å²) >= 11 is 2.09. The molecule has 0 amide bonds. The van der Waals surface area contributed by atoms with Gasteiger partial charge in [0, 0.05) is 13.6 Å². The molecule has 12 heteroatoms. The minimum atomic E-state index is -4.00. The Balaban J connectivity index is 1.61. The Labute approximate surface area is 187 Å². The first-order valence-corrected chi connectivity index (χ1v) is 13.5. The van der Waals surface area contributed by atoms with Crippen molar-refractivity contribution in [2.75, 3.05) is 4.72 Å². The summed E-state index contributed by atoms with van der Waals surface area (Å²) in [4.78, 5) is 12.0. The fourth-order valence-corrected chi connectivity index (χ4v) is 6.92. The van der Waals surface area contributed by atoms with Crippen LogP contribution in [-0.4, -0.2) is 20.8 Å². The number of nitrogens with one attached hydrogen (secondary N) is 2. The lowest BCUT2D eigenvalue weighted by Gasteiger charge is -2.13. The first-order valence-electron chi connectivity index (χ1n) is 8.91. The predicted molar refractivity (Wildman–Crippen MR) is 123 cm³/mol. The lowest BCUT2D eigenvalue weighted by Crippen LogP contribution is -2.23. The molecular formula is C19H17N3O5S4. The number of sulfonamides is 2. The summed E-state index contributed by atoms with van der Waals surface area (Å²) < 4.78 is 57.3. The highest BCUT2D eigenvalue weighted by atomic mass is 32.2. The fourth-order valence-electron chi connectivity index (χ4n) is 2.98. The fraction of sp³-hybridized carbons (Fsp3) is 0.105. The van der Waals surface area contributed by atoms with E-state index in [0.29, 0.717) is 16.5 Å². The van der Waals surface area contributed by atoms with Gasteiger partial charge in [-0.05, 0) is 52.8 Å². The largest absolute Gasteiger partial charge is 0.297 e. The Hall–Kier alpha value is -2.51. The van der Waals surface area contributed by atoms with Gasteiger partial charge in [-0.25, -0.2) is 21.6 Å².